The third kappa shape index (κ3) is 2.91. The lowest BCUT2D eigenvalue weighted by atomic mass is 10.4. The lowest BCUT2D eigenvalue weighted by Gasteiger charge is -2.20. The average Bonchev–Trinajstić information content (AvgIpc) is 2.67. The zero-order chi connectivity index (χ0) is 12.1. The Labute approximate surface area is 100 Å². The lowest BCUT2D eigenvalue weighted by Crippen LogP contribution is -2.29. The minimum Gasteiger partial charge on any atom is -0.463 e. The van der Waals surface area contributed by atoms with Crippen molar-refractivity contribution >= 4 is 11.8 Å². The molecule has 0 amide bonds. The topological polar surface area (TPSA) is 67.3 Å². The number of carbonyl (C=O) groups excluding carboxylic acids is 1. The van der Waals surface area contributed by atoms with Crippen LogP contribution in [0, 0.1) is 0 Å². The summed E-state index contributed by atoms with van der Waals surface area (Å²) in [6.07, 6.45) is 2.66. The first kappa shape index (κ1) is 11.8. The maximum Gasteiger partial charge on any atom is 0.376 e. The van der Waals surface area contributed by atoms with Gasteiger partial charge in [-0.3, -0.25) is 0 Å². The molecule has 2 heterocycles. The minimum absolute atomic E-state index is 0.113. The zero-order valence-corrected chi connectivity index (χ0v) is 9.85. The molecule has 6 nitrogen and oxygen atoms in total. The van der Waals surface area contributed by atoms with E-state index in [0.29, 0.717) is 0 Å². The number of methoxy groups -OCH3 is 1. The number of anilines is 1. The number of rotatable bonds is 2. The smallest absolute Gasteiger partial charge is 0.376 e. The normalized spacial score (nSPS) is 16.4. The molecule has 0 bridgehead atoms. The van der Waals surface area contributed by atoms with Crippen LogP contribution >= 0.6 is 0 Å². The van der Waals surface area contributed by atoms with E-state index in [4.69, 9.17) is 0 Å². The van der Waals surface area contributed by atoms with Gasteiger partial charge in [0.25, 0.3) is 0 Å². The third-order valence-corrected chi connectivity index (χ3v) is 2.67. The number of ether oxygens (including phenoxy) is 1. The molecule has 0 radical (unpaired) electrons. The highest BCUT2D eigenvalue weighted by atomic mass is 16.5. The summed E-state index contributed by atoms with van der Waals surface area (Å²) >= 11 is 0. The van der Waals surface area contributed by atoms with Crippen molar-refractivity contribution in [3.63, 3.8) is 0 Å². The summed E-state index contributed by atoms with van der Waals surface area (Å²) < 4.78 is 4.61. The Morgan fingerprint density at radius 3 is 3.18 bits per heavy atom. The maximum absolute atomic E-state index is 11.3. The number of nitrogens with zero attached hydrogens (tertiary/aromatic N) is 3. The lowest BCUT2D eigenvalue weighted by molar-refractivity contribution is 0.0587. The van der Waals surface area contributed by atoms with Crippen molar-refractivity contribution < 1.29 is 9.53 Å². The molecule has 1 aliphatic heterocycles. The maximum atomic E-state index is 11.3. The van der Waals surface area contributed by atoms with Crippen molar-refractivity contribution in [2.45, 2.75) is 6.42 Å². The van der Waals surface area contributed by atoms with Crippen molar-refractivity contribution in [2.75, 3.05) is 38.2 Å². The van der Waals surface area contributed by atoms with Crippen LogP contribution in [0.4, 0.5) is 5.82 Å². The highest BCUT2D eigenvalue weighted by molar-refractivity contribution is 5.85. The van der Waals surface area contributed by atoms with Gasteiger partial charge in [0.15, 0.2) is 0 Å². The number of carbonyl (C=O) groups is 1. The average molecular weight is 236 g/mol. The summed E-state index contributed by atoms with van der Waals surface area (Å²) in [4.78, 5) is 21.6. The summed E-state index contributed by atoms with van der Waals surface area (Å²) in [6, 6.07) is 1.82. The minimum atomic E-state index is -0.500. The predicted molar refractivity (Wildman–Crippen MR) is 63.1 cm³/mol. The second kappa shape index (κ2) is 5.58. The summed E-state index contributed by atoms with van der Waals surface area (Å²) in [5.41, 5.74) is 0. The van der Waals surface area contributed by atoms with E-state index >= 15 is 0 Å². The second-order valence-electron chi connectivity index (χ2n) is 3.82. The molecule has 1 saturated heterocycles. The fourth-order valence-electron chi connectivity index (χ4n) is 1.79. The van der Waals surface area contributed by atoms with Crippen molar-refractivity contribution in [2.24, 2.45) is 0 Å². The van der Waals surface area contributed by atoms with Gasteiger partial charge in [-0.15, -0.1) is 0 Å². The molecule has 6 heteroatoms. The Morgan fingerprint density at radius 1 is 1.47 bits per heavy atom. The van der Waals surface area contributed by atoms with Crippen LogP contribution in [-0.4, -0.2) is 49.2 Å². The first-order chi connectivity index (χ1) is 8.31. The molecule has 1 N–H and O–H groups in total. The van der Waals surface area contributed by atoms with Gasteiger partial charge < -0.3 is 15.0 Å². The molecule has 0 spiro atoms. The standard InChI is InChI=1S/C11H16N4O2/c1-17-11(16)10-13-5-3-9(14-10)15-7-2-4-12-6-8-15/h3,5,12H,2,4,6-8H2,1H3. The van der Waals surface area contributed by atoms with Gasteiger partial charge in [-0.05, 0) is 19.0 Å². The van der Waals surface area contributed by atoms with Gasteiger partial charge in [-0.2, -0.15) is 0 Å². The van der Waals surface area contributed by atoms with Crippen molar-refractivity contribution in [1.29, 1.82) is 0 Å². The molecule has 0 aromatic carbocycles. The first-order valence-corrected chi connectivity index (χ1v) is 5.68. The van der Waals surface area contributed by atoms with Crippen LogP contribution in [0.3, 0.4) is 0 Å². The molecule has 0 aliphatic carbocycles. The zero-order valence-electron chi connectivity index (χ0n) is 9.85. The summed E-state index contributed by atoms with van der Waals surface area (Å²) in [5, 5.41) is 3.32. The summed E-state index contributed by atoms with van der Waals surface area (Å²) in [5.74, 6) is 0.395. The molecule has 92 valence electrons. The van der Waals surface area contributed by atoms with Crippen LogP contribution in [0.5, 0.6) is 0 Å². The summed E-state index contributed by atoms with van der Waals surface area (Å²) in [6.45, 7) is 3.77. The van der Waals surface area contributed by atoms with E-state index in [9.17, 15) is 4.79 Å². The number of nitrogens with one attached hydrogen (secondary N) is 1. The predicted octanol–water partition coefficient (Wildman–Crippen LogP) is 0.0629. The highest BCUT2D eigenvalue weighted by Gasteiger charge is 2.14. The molecular weight excluding hydrogens is 220 g/mol. The van der Waals surface area contributed by atoms with Gasteiger partial charge in [0.2, 0.25) is 5.82 Å². The molecule has 0 atom stereocenters. The van der Waals surface area contributed by atoms with Gasteiger partial charge in [-0.25, -0.2) is 14.8 Å². The quantitative estimate of drug-likeness (QED) is 0.733. The Hall–Kier alpha value is -1.69. The van der Waals surface area contributed by atoms with Crippen LogP contribution in [0.1, 0.15) is 17.0 Å². The molecule has 0 unspecified atom stereocenters. The molecule has 1 aromatic heterocycles. The first-order valence-electron chi connectivity index (χ1n) is 5.68. The van der Waals surface area contributed by atoms with Crippen molar-refractivity contribution in [1.82, 2.24) is 15.3 Å². The number of hydrogen-bond acceptors (Lipinski definition) is 6. The SMILES string of the molecule is COC(=O)c1nccc(N2CCCNCC2)n1. The van der Waals surface area contributed by atoms with Crippen molar-refractivity contribution in [3.8, 4) is 0 Å². The molecule has 1 aliphatic rings. The van der Waals surface area contributed by atoms with Gasteiger partial charge in [0.1, 0.15) is 5.82 Å². The van der Waals surface area contributed by atoms with Gasteiger partial charge in [0.05, 0.1) is 7.11 Å². The molecule has 0 saturated carbocycles. The summed E-state index contributed by atoms with van der Waals surface area (Å²) in [7, 11) is 1.33. The number of esters is 1. The Morgan fingerprint density at radius 2 is 2.35 bits per heavy atom. The fourth-order valence-corrected chi connectivity index (χ4v) is 1.79. The molecule has 1 aromatic rings. The Balaban J connectivity index is 2.16. The number of aromatic nitrogens is 2. The largest absolute Gasteiger partial charge is 0.463 e. The van der Waals surface area contributed by atoms with E-state index in [-0.39, 0.29) is 5.82 Å². The monoisotopic (exact) mass is 236 g/mol. The van der Waals surface area contributed by atoms with Crippen molar-refractivity contribution in [3.05, 3.63) is 18.1 Å². The van der Waals surface area contributed by atoms with E-state index in [1.165, 1.54) is 7.11 Å². The Kier molecular flexibility index (Phi) is 3.87. The van der Waals surface area contributed by atoms with Gasteiger partial charge in [-0.1, -0.05) is 0 Å². The highest BCUT2D eigenvalue weighted by Crippen LogP contribution is 2.11. The van der Waals surface area contributed by atoms with E-state index in [1.54, 1.807) is 6.20 Å². The Bertz CT molecular complexity index is 389. The van der Waals surface area contributed by atoms with Crippen LogP contribution in [-0.2, 0) is 4.74 Å². The van der Waals surface area contributed by atoms with Crippen LogP contribution in [0.15, 0.2) is 12.3 Å². The number of hydrogen-bond donors (Lipinski definition) is 1. The second-order valence-corrected chi connectivity index (χ2v) is 3.82. The molecule has 1 fully saturated rings. The fraction of sp³-hybridized carbons (Fsp3) is 0.545. The molecular formula is C11H16N4O2. The van der Waals surface area contributed by atoms with E-state index in [2.05, 4.69) is 24.9 Å². The molecule has 2 rings (SSSR count). The van der Waals surface area contributed by atoms with E-state index in [1.807, 2.05) is 6.07 Å². The third-order valence-electron chi connectivity index (χ3n) is 2.67. The van der Waals surface area contributed by atoms with Crippen LogP contribution in [0.25, 0.3) is 0 Å². The van der Waals surface area contributed by atoms with E-state index < -0.39 is 5.97 Å². The van der Waals surface area contributed by atoms with E-state index in [0.717, 1.165) is 38.4 Å². The van der Waals surface area contributed by atoms with Gasteiger partial charge in [0, 0.05) is 25.8 Å². The van der Waals surface area contributed by atoms with Gasteiger partial charge >= 0.3 is 5.97 Å². The van der Waals surface area contributed by atoms with Crippen LogP contribution < -0.4 is 10.2 Å². The van der Waals surface area contributed by atoms with Crippen LogP contribution in [0.2, 0.25) is 0 Å². The molecule has 17 heavy (non-hydrogen) atoms.